The molecule has 0 aliphatic rings. The predicted octanol–water partition coefficient (Wildman–Crippen LogP) is 3.73. The highest BCUT2D eigenvalue weighted by Gasteiger charge is 2.05. The molecule has 0 radical (unpaired) electrons. The summed E-state index contributed by atoms with van der Waals surface area (Å²) in [6, 6.07) is 11.6. The van der Waals surface area contributed by atoms with Gasteiger partial charge in [0.1, 0.15) is 18.2 Å². The maximum Gasteiger partial charge on any atom is 0.156 e. The van der Waals surface area contributed by atoms with Crippen LogP contribution in [0.3, 0.4) is 0 Å². The quantitative estimate of drug-likeness (QED) is 0.727. The third-order valence-electron chi connectivity index (χ3n) is 2.84. The van der Waals surface area contributed by atoms with Crippen LogP contribution >= 0.6 is 0 Å². The van der Waals surface area contributed by atoms with Gasteiger partial charge in [-0.25, -0.2) is 4.39 Å². The number of nitrogen functional groups attached to an aromatic ring is 1. The number of anilines is 1. The summed E-state index contributed by atoms with van der Waals surface area (Å²) in [5.41, 5.74) is 8.04. The lowest BCUT2D eigenvalue weighted by molar-refractivity contribution is 0.305. The lowest BCUT2D eigenvalue weighted by atomic mass is 10.1. The first-order valence-corrected chi connectivity index (χ1v) is 5.86. The van der Waals surface area contributed by atoms with Gasteiger partial charge >= 0.3 is 0 Å². The monoisotopic (exact) mass is 257 g/mol. The Bertz CT molecular complexity index is 721. The van der Waals surface area contributed by atoms with Crippen molar-refractivity contribution in [3.05, 3.63) is 60.1 Å². The van der Waals surface area contributed by atoms with E-state index in [1.807, 2.05) is 12.1 Å². The molecular weight excluding hydrogens is 245 g/mol. The summed E-state index contributed by atoms with van der Waals surface area (Å²) in [5.74, 6) is 0.174. The van der Waals surface area contributed by atoms with Gasteiger partial charge < -0.3 is 14.9 Å². The van der Waals surface area contributed by atoms with E-state index in [-0.39, 0.29) is 5.82 Å². The Morgan fingerprint density at radius 3 is 2.89 bits per heavy atom. The highest BCUT2D eigenvalue weighted by Crippen LogP contribution is 2.25. The standard InChI is InChI=1S/C15H12FNO2/c16-12-2-1-3-13(8-12)19-9-10-6-11-4-5-18-15(11)14(17)7-10/h1-8H,9,17H2. The van der Waals surface area contributed by atoms with Crippen LogP contribution in [0.5, 0.6) is 5.75 Å². The predicted molar refractivity (Wildman–Crippen MR) is 71.4 cm³/mol. The fourth-order valence-electron chi connectivity index (χ4n) is 1.98. The number of hydrogen-bond acceptors (Lipinski definition) is 3. The Kier molecular flexibility index (Phi) is 2.83. The van der Waals surface area contributed by atoms with Crippen molar-refractivity contribution in [3.8, 4) is 5.75 Å². The maximum atomic E-state index is 13.0. The summed E-state index contributed by atoms with van der Waals surface area (Å²) >= 11 is 0. The first kappa shape index (κ1) is 11.6. The van der Waals surface area contributed by atoms with Crippen molar-refractivity contribution < 1.29 is 13.5 Å². The van der Waals surface area contributed by atoms with Gasteiger partial charge in [0.05, 0.1) is 12.0 Å². The molecule has 2 aromatic carbocycles. The molecule has 0 atom stereocenters. The second-order valence-electron chi connectivity index (χ2n) is 4.27. The summed E-state index contributed by atoms with van der Waals surface area (Å²) in [4.78, 5) is 0. The number of furan rings is 1. The summed E-state index contributed by atoms with van der Waals surface area (Å²) in [7, 11) is 0. The van der Waals surface area contributed by atoms with Crippen molar-refractivity contribution in [2.75, 3.05) is 5.73 Å². The van der Waals surface area contributed by atoms with Gasteiger partial charge in [-0.1, -0.05) is 6.07 Å². The van der Waals surface area contributed by atoms with Crippen LogP contribution in [-0.2, 0) is 6.61 Å². The van der Waals surface area contributed by atoms with E-state index in [9.17, 15) is 4.39 Å². The van der Waals surface area contributed by atoms with Gasteiger partial charge in [0.2, 0.25) is 0 Å². The number of hydrogen-bond donors (Lipinski definition) is 1. The van der Waals surface area contributed by atoms with Crippen molar-refractivity contribution in [1.29, 1.82) is 0 Å². The van der Waals surface area contributed by atoms with E-state index in [1.54, 1.807) is 24.5 Å². The van der Waals surface area contributed by atoms with Crippen molar-refractivity contribution in [2.24, 2.45) is 0 Å². The van der Waals surface area contributed by atoms with E-state index < -0.39 is 0 Å². The molecule has 1 heterocycles. The van der Waals surface area contributed by atoms with Crippen LogP contribution in [0.1, 0.15) is 5.56 Å². The zero-order valence-corrected chi connectivity index (χ0v) is 10.1. The zero-order chi connectivity index (χ0) is 13.2. The summed E-state index contributed by atoms with van der Waals surface area (Å²) in [5, 5.41) is 0.929. The topological polar surface area (TPSA) is 48.4 Å². The molecule has 0 saturated heterocycles. The minimum Gasteiger partial charge on any atom is -0.489 e. The first-order chi connectivity index (χ1) is 9.22. The van der Waals surface area contributed by atoms with Crippen LogP contribution in [0.2, 0.25) is 0 Å². The minimum atomic E-state index is -0.317. The van der Waals surface area contributed by atoms with Gasteiger partial charge in [-0.3, -0.25) is 0 Å². The first-order valence-electron chi connectivity index (χ1n) is 5.86. The van der Waals surface area contributed by atoms with Crippen LogP contribution in [0.4, 0.5) is 10.1 Å². The van der Waals surface area contributed by atoms with Crippen LogP contribution in [0, 0.1) is 5.82 Å². The Hall–Kier alpha value is -2.49. The Morgan fingerprint density at radius 1 is 1.16 bits per heavy atom. The van der Waals surface area contributed by atoms with Crippen molar-refractivity contribution in [3.63, 3.8) is 0 Å². The second-order valence-corrected chi connectivity index (χ2v) is 4.27. The fourth-order valence-corrected chi connectivity index (χ4v) is 1.98. The average molecular weight is 257 g/mol. The third kappa shape index (κ3) is 2.38. The maximum absolute atomic E-state index is 13.0. The highest BCUT2D eigenvalue weighted by molar-refractivity contribution is 5.88. The number of rotatable bonds is 3. The summed E-state index contributed by atoms with van der Waals surface area (Å²) in [6.45, 7) is 0.328. The minimum absolute atomic E-state index is 0.317. The van der Waals surface area contributed by atoms with E-state index in [0.717, 1.165) is 10.9 Å². The normalized spacial score (nSPS) is 10.8. The Morgan fingerprint density at radius 2 is 2.05 bits per heavy atom. The molecule has 3 aromatic rings. The molecule has 0 fully saturated rings. The molecule has 0 unspecified atom stereocenters. The average Bonchev–Trinajstić information content (AvgIpc) is 2.85. The van der Waals surface area contributed by atoms with Crippen LogP contribution in [0.15, 0.2) is 53.1 Å². The van der Waals surface area contributed by atoms with E-state index in [0.29, 0.717) is 23.6 Å². The SMILES string of the molecule is Nc1cc(COc2cccc(F)c2)cc2ccoc12. The van der Waals surface area contributed by atoms with Gasteiger partial charge in [0, 0.05) is 11.5 Å². The summed E-state index contributed by atoms with van der Waals surface area (Å²) in [6.07, 6.45) is 1.60. The molecule has 3 nitrogen and oxygen atoms in total. The number of benzene rings is 2. The molecule has 2 N–H and O–H groups in total. The molecule has 3 rings (SSSR count). The van der Waals surface area contributed by atoms with E-state index in [4.69, 9.17) is 14.9 Å². The van der Waals surface area contributed by atoms with Gasteiger partial charge in [0.25, 0.3) is 0 Å². The van der Waals surface area contributed by atoms with Crippen molar-refractivity contribution >= 4 is 16.7 Å². The van der Waals surface area contributed by atoms with Crippen LogP contribution in [-0.4, -0.2) is 0 Å². The van der Waals surface area contributed by atoms with Crippen molar-refractivity contribution in [2.45, 2.75) is 6.61 Å². The van der Waals surface area contributed by atoms with Crippen LogP contribution in [0.25, 0.3) is 11.0 Å². The molecule has 0 saturated carbocycles. The Labute approximate surface area is 109 Å². The third-order valence-corrected chi connectivity index (χ3v) is 2.84. The molecule has 0 amide bonds. The molecule has 19 heavy (non-hydrogen) atoms. The number of nitrogens with two attached hydrogens (primary N) is 1. The van der Waals surface area contributed by atoms with Gasteiger partial charge in [-0.15, -0.1) is 0 Å². The molecular formula is C15H12FNO2. The van der Waals surface area contributed by atoms with Crippen molar-refractivity contribution in [1.82, 2.24) is 0 Å². The van der Waals surface area contributed by atoms with E-state index in [1.165, 1.54) is 12.1 Å². The molecule has 0 bridgehead atoms. The second kappa shape index (κ2) is 4.65. The smallest absolute Gasteiger partial charge is 0.156 e. The van der Waals surface area contributed by atoms with Gasteiger partial charge in [-0.2, -0.15) is 0 Å². The number of fused-ring (bicyclic) bond motifs is 1. The van der Waals surface area contributed by atoms with Gasteiger partial charge in [0.15, 0.2) is 5.58 Å². The molecule has 0 spiro atoms. The van der Waals surface area contributed by atoms with E-state index in [2.05, 4.69) is 0 Å². The molecule has 0 aliphatic carbocycles. The summed E-state index contributed by atoms with van der Waals surface area (Å²) < 4.78 is 23.8. The largest absolute Gasteiger partial charge is 0.489 e. The Balaban J connectivity index is 1.81. The van der Waals surface area contributed by atoms with E-state index >= 15 is 0 Å². The fraction of sp³-hybridized carbons (Fsp3) is 0.0667. The molecule has 1 aromatic heterocycles. The lowest BCUT2D eigenvalue weighted by Crippen LogP contribution is -1.97. The van der Waals surface area contributed by atoms with Gasteiger partial charge in [-0.05, 0) is 35.9 Å². The van der Waals surface area contributed by atoms with Crippen LogP contribution < -0.4 is 10.5 Å². The molecule has 96 valence electrons. The molecule has 0 aliphatic heterocycles. The highest BCUT2D eigenvalue weighted by atomic mass is 19.1. The molecule has 4 heteroatoms. The zero-order valence-electron chi connectivity index (χ0n) is 10.1. The number of ether oxygens (including phenoxy) is 1. The number of halogens is 1. The lowest BCUT2D eigenvalue weighted by Gasteiger charge is -2.07.